The molecule has 0 unspecified atom stereocenters. The number of halogens is 1. The molecule has 0 fully saturated rings. The lowest BCUT2D eigenvalue weighted by Crippen LogP contribution is -2.31. The summed E-state index contributed by atoms with van der Waals surface area (Å²) in [7, 11) is -2.10. The van der Waals surface area contributed by atoms with Gasteiger partial charge in [0.15, 0.2) is 0 Å². The lowest BCUT2D eigenvalue weighted by molar-refractivity contribution is 0.0783. The number of rotatable bonds is 6. The van der Waals surface area contributed by atoms with Crippen LogP contribution in [-0.2, 0) is 16.6 Å². The fraction of sp³-hybridized carbons (Fsp3) is 0.294. The van der Waals surface area contributed by atoms with Crippen molar-refractivity contribution in [3.05, 3.63) is 58.9 Å². The van der Waals surface area contributed by atoms with Crippen molar-refractivity contribution in [3.63, 3.8) is 0 Å². The van der Waals surface area contributed by atoms with E-state index in [1.54, 1.807) is 39.2 Å². The standard InChI is InChI=1S/C17H20ClN3O3S/c1-12(2)20-25(23,24)14-7-8-16(18)15(10-14)17(22)21(3)11-13-6-4-5-9-19-13/h4-10,12,20H,11H2,1-3H3. The van der Waals surface area contributed by atoms with Gasteiger partial charge in [0.1, 0.15) is 0 Å². The Morgan fingerprint density at radius 1 is 1.28 bits per heavy atom. The molecular weight excluding hydrogens is 362 g/mol. The number of carbonyl (C=O) groups is 1. The number of nitrogens with zero attached hydrogens (tertiary/aromatic N) is 2. The summed E-state index contributed by atoms with van der Waals surface area (Å²) in [6.45, 7) is 3.73. The Kier molecular flexibility index (Phi) is 6.16. The molecule has 1 aromatic heterocycles. The fourth-order valence-corrected chi connectivity index (χ4v) is 3.70. The van der Waals surface area contributed by atoms with Crippen molar-refractivity contribution in [1.29, 1.82) is 0 Å². The van der Waals surface area contributed by atoms with Crippen LogP contribution >= 0.6 is 11.6 Å². The van der Waals surface area contributed by atoms with Crippen molar-refractivity contribution in [2.24, 2.45) is 0 Å². The number of amides is 1. The molecule has 25 heavy (non-hydrogen) atoms. The zero-order valence-electron chi connectivity index (χ0n) is 14.2. The maximum Gasteiger partial charge on any atom is 0.255 e. The lowest BCUT2D eigenvalue weighted by Gasteiger charge is -2.18. The first-order valence-corrected chi connectivity index (χ1v) is 9.54. The highest BCUT2D eigenvalue weighted by Crippen LogP contribution is 2.22. The Labute approximate surface area is 152 Å². The van der Waals surface area contributed by atoms with Crippen molar-refractivity contribution < 1.29 is 13.2 Å². The average Bonchev–Trinajstić information content (AvgIpc) is 2.54. The highest BCUT2D eigenvalue weighted by atomic mass is 35.5. The molecule has 0 aliphatic heterocycles. The van der Waals surface area contributed by atoms with Crippen LogP contribution in [0.1, 0.15) is 29.9 Å². The van der Waals surface area contributed by atoms with E-state index in [1.165, 1.54) is 23.1 Å². The molecule has 1 aromatic carbocycles. The van der Waals surface area contributed by atoms with E-state index in [0.717, 1.165) is 5.69 Å². The third-order valence-corrected chi connectivity index (χ3v) is 5.33. The summed E-state index contributed by atoms with van der Waals surface area (Å²) >= 11 is 6.12. The van der Waals surface area contributed by atoms with Gasteiger partial charge in [-0.1, -0.05) is 17.7 Å². The lowest BCUT2D eigenvalue weighted by atomic mass is 10.2. The summed E-state index contributed by atoms with van der Waals surface area (Å²) in [5, 5.41) is 0.196. The smallest absolute Gasteiger partial charge is 0.255 e. The number of sulfonamides is 1. The van der Waals surface area contributed by atoms with Gasteiger partial charge in [-0.15, -0.1) is 0 Å². The van der Waals surface area contributed by atoms with Gasteiger partial charge < -0.3 is 4.90 Å². The molecule has 0 bridgehead atoms. The van der Waals surface area contributed by atoms with Crippen LogP contribution in [0.3, 0.4) is 0 Å². The van der Waals surface area contributed by atoms with E-state index < -0.39 is 10.0 Å². The van der Waals surface area contributed by atoms with Gasteiger partial charge in [0.25, 0.3) is 5.91 Å². The predicted octanol–water partition coefficient (Wildman–Crippen LogP) is 2.69. The maximum absolute atomic E-state index is 12.7. The summed E-state index contributed by atoms with van der Waals surface area (Å²) in [5.74, 6) is -0.378. The Morgan fingerprint density at radius 3 is 2.60 bits per heavy atom. The maximum atomic E-state index is 12.7. The molecular formula is C17H20ClN3O3S. The van der Waals surface area contributed by atoms with Crippen LogP contribution in [0.15, 0.2) is 47.5 Å². The van der Waals surface area contributed by atoms with E-state index in [2.05, 4.69) is 9.71 Å². The Bertz CT molecular complexity index is 855. The minimum atomic E-state index is -3.71. The second-order valence-electron chi connectivity index (χ2n) is 5.90. The minimum absolute atomic E-state index is 0.000172. The molecule has 134 valence electrons. The Balaban J connectivity index is 2.29. The molecule has 8 heteroatoms. The van der Waals surface area contributed by atoms with Gasteiger partial charge in [0.05, 0.1) is 27.7 Å². The molecule has 2 rings (SSSR count). The normalized spacial score (nSPS) is 11.6. The number of carbonyl (C=O) groups excluding carboxylic acids is 1. The van der Waals surface area contributed by atoms with Crippen LogP contribution in [0, 0.1) is 0 Å². The van der Waals surface area contributed by atoms with Crippen LogP contribution in [0.25, 0.3) is 0 Å². The quantitative estimate of drug-likeness (QED) is 0.834. The van der Waals surface area contributed by atoms with Gasteiger partial charge in [0.2, 0.25) is 10.0 Å². The first kappa shape index (κ1) is 19.4. The zero-order chi connectivity index (χ0) is 18.6. The average molecular weight is 382 g/mol. The Hall–Kier alpha value is -1.96. The second kappa shape index (κ2) is 7.95. The van der Waals surface area contributed by atoms with Gasteiger partial charge in [0, 0.05) is 19.3 Å². The third-order valence-electron chi connectivity index (χ3n) is 3.34. The molecule has 0 saturated heterocycles. The first-order chi connectivity index (χ1) is 11.7. The molecule has 1 heterocycles. The fourth-order valence-electron chi connectivity index (χ4n) is 2.23. The van der Waals surface area contributed by atoms with Gasteiger partial charge >= 0.3 is 0 Å². The molecule has 0 atom stereocenters. The van der Waals surface area contributed by atoms with Crippen LogP contribution in [-0.4, -0.2) is 37.3 Å². The largest absolute Gasteiger partial charge is 0.336 e. The van der Waals surface area contributed by atoms with E-state index in [4.69, 9.17) is 11.6 Å². The topological polar surface area (TPSA) is 79.4 Å². The molecule has 0 radical (unpaired) electrons. The zero-order valence-corrected chi connectivity index (χ0v) is 15.8. The molecule has 6 nitrogen and oxygen atoms in total. The number of hydrogen-bond donors (Lipinski definition) is 1. The van der Waals surface area contributed by atoms with Crippen LogP contribution in [0.2, 0.25) is 5.02 Å². The van der Waals surface area contributed by atoms with Gasteiger partial charge in [-0.05, 0) is 44.2 Å². The summed E-state index contributed by atoms with van der Waals surface area (Å²) in [4.78, 5) is 18.3. The predicted molar refractivity (Wildman–Crippen MR) is 96.9 cm³/mol. The van der Waals surface area contributed by atoms with Gasteiger partial charge in [-0.3, -0.25) is 9.78 Å². The molecule has 0 aliphatic carbocycles. The van der Waals surface area contributed by atoms with E-state index in [9.17, 15) is 13.2 Å². The molecule has 0 saturated carbocycles. The van der Waals surface area contributed by atoms with Crippen molar-refractivity contribution in [3.8, 4) is 0 Å². The van der Waals surface area contributed by atoms with Crippen molar-refractivity contribution >= 4 is 27.5 Å². The van der Waals surface area contributed by atoms with Gasteiger partial charge in [-0.25, -0.2) is 13.1 Å². The summed E-state index contributed by atoms with van der Waals surface area (Å²) in [6.07, 6.45) is 1.64. The number of pyridine rings is 1. The number of benzene rings is 1. The molecule has 1 amide bonds. The summed E-state index contributed by atoms with van der Waals surface area (Å²) in [5.41, 5.74) is 0.853. The number of nitrogens with one attached hydrogen (secondary N) is 1. The van der Waals surface area contributed by atoms with E-state index in [1.807, 2.05) is 6.07 Å². The Morgan fingerprint density at radius 2 is 2.00 bits per heavy atom. The van der Waals surface area contributed by atoms with Crippen molar-refractivity contribution in [2.45, 2.75) is 31.3 Å². The number of aromatic nitrogens is 1. The summed E-state index contributed by atoms with van der Waals surface area (Å²) < 4.78 is 27.1. The van der Waals surface area contributed by atoms with Gasteiger partial charge in [-0.2, -0.15) is 0 Å². The third kappa shape index (κ3) is 5.01. The van der Waals surface area contributed by atoms with Crippen LogP contribution < -0.4 is 4.72 Å². The highest BCUT2D eigenvalue weighted by molar-refractivity contribution is 7.89. The molecule has 0 aliphatic rings. The first-order valence-electron chi connectivity index (χ1n) is 7.68. The monoisotopic (exact) mass is 381 g/mol. The summed E-state index contributed by atoms with van der Waals surface area (Å²) in [6, 6.07) is 9.26. The minimum Gasteiger partial charge on any atom is -0.336 e. The molecule has 2 aromatic rings. The number of hydrogen-bond acceptors (Lipinski definition) is 4. The highest BCUT2D eigenvalue weighted by Gasteiger charge is 2.21. The van der Waals surface area contributed by atoms with Crippen LogP contribution in [0.5, 0.6) is 0 Å². The van der Waals surface area contributed by atoms with E-state index in [0.29, 0.717) is 0 Å². The van der Waals surface area contributed by atoms with Crippen LogP contribution in [0.4, 0.5) is 0 Å². The van der Waals surface area contributed by atoms with E-state index >= 15 is 0 Å². The SMILES string of the molecule is CC(C)NS(=O)(=O)c1ccc(Cl)c(C(=O)N(C)Cc2ccccn2)c1. The molecule has 0 spiro atoms. The van der Waals surface area contributed by atoms with Crippen molar-refractivity contribution in [2.75, 3.05) is 7.05 Å². The van der Waals surface area contributed by atoms with Crippen molar-refractivity contribution in [1.82, 2.24) is 14.6 Å². The molecule has 1 N–H and O–H groups in total. The van der Waals surface area contributed by atoms with E-state index in [-0.39, 0.29) is 34.0 Å². The second-order valence-corrected chi connectivity index (χ2v) is 8.02.